The Hall–Kier alpha value is -3.15. The fraction of sp³-hybridized carbons (Fsp3) is 0.250. The Morgan fingerprint density at radius 2 is 1.92 bits per heavy atom. The predicted molar refractivity (Wildman–Crippen MR) is 97.8 cm³/mol. The van der Waals surface area contributed by atoms with Gasteiger partial charge in [0, 0.05) is 31.1 Å². The number of nitrogens with zero attached hydrogens (tertiary/aromatic N) is 3. The molecule has 6 heteroatoms. The van der Waals surface area contributed by atoms with Crippen LogP contribution in [0.4, 0.5) is 0 Å². The molecule has 0 radical (unpaired) electrons. The van der Waals surface area contributed by atoms with Crippen molar-refractivity contribution < 1.29 is 14.3 Å². The van der Waals surface area contributed by atoms with E-state index < -0.39 is 0 Å². The van der Waals surface area contributed by atoms with Crippen LogP contribution >= 0.6 is 0 Å². The van der Waals surface area contributed by atoms with Crippen molar-refractivity contribution in [3.8, 4) is 17.2 Å². The van der Waals surface area contributed by atoms with Crippen LogP contribution in [0.5, 0.6) is 5.75 Å². The van der Waals surface area contributed by atoms with Gasteiger partial charge >= 0.3 is 0 Å². The van der Waals surface area contributed by atoms with Crippen molar-refractivity contribution in [1.82, 2.24) is 15.1 Å². The minimum absolute atomic E-state index is 0.00125. The number of rotatable bonds is 5. The summed E-state index contributed by atoms with van der Waals surface area (Å²) < 4.78 is 5.43. The summed E-state index contributed by atoms with van der Waals surface area (Å²) in [6.45, 7) is 3.72. The normalized spacial score (nSPS) is 12.0. The van der Waals surface area contributed by atoms with Crippen molar-refractivity contribution in [1.29, 1.82) is 0 Å². The van der Waals surface area contributed by atoms with Gasteiger partial charge in [0.15, 0.2) is 0 Å². The van der Waals surface area contributed by atoms with Crippen molar-refractivity contribution in [2.45, 2.75) is 26.3 Å². The first kappa shape index (κ1) is 17.7. The molecule has 0 aliphatic carbocycles. The molecule has 0 spiro atoms. The molecule has 0 aliphatic heterocycles. The molecule has 3 rings (SSSR count). The van der Waals surface area contributed by atoms with E-state index in [9.17, 15) is 9.90 Å². The monoisotopic (exact) mass is 351 g/mol. The van der Waals surface area contributed by atoms with Crippen molar-refractivity contribution in [3.63, 3.8) is 0 Å². The second-order valence-electron chi connectivity index (χ2n) is 6.34. The van der Waals surface area contributed by atoms with Crippen LogP contribution in [-0.4, -0.2) is 39.2 Å². The number of phenolic OH excluding ortho intramolecular Hbond substituents is 1. The van der Waals surface area contributed by atoms with E-state index in [-0.39, 0.29) is 17.7 Å². The van der Waals surface area contributed by atoms with Gasteiger partial charge in [0.25, 0.3) is 5.91 Å². The van der Waals surface area contributed by atoms with Crippen molar-refractivity contribution in [2.75, 3.05) is 7.05 Å². The van der Waals surface area contributed by atoms with Crippen molar-refractivity contribution in [3.05, 3.63) is 65.5 Å². The summed E-state index contributed by atoms with van der Waals surface area (Å²) >= 11 is 0. The Bertz CT molecular complexity index is 903. The van der Waals surface area contributed by atoms with Gasteiger partial charge in [0.05, 0.1) is 0 Å². The summed E-state index contributed by atoms with van der Waals surface area (Å²) in [6.07, 6.45) is 0.699. The number of carbonyl (C=O) groups excluding carboxylic acids is 1. The van der Waals surface area contributed by atoms with E-state index in [1.807, 2.05) is 25.1 Å². The maximum absolute atomic E-state index is 12.8. The van der Waals surface area contributed by atoms with Crippen LogP contribution in [0, 0.1) is 6.92 Å². The number of benzene rings is 2. The van der Waals surface area contributed by atoms with Gasteiger partial charge in [-0.15, -0.1) is 10.2 Å². The Morgan fingerprint density at radius 1 is 1.19 bits per heavy atom. The Kier molecular flexibility index (Phi) is 5.02. The average molecular weight is 351 g/mol. The molecule has 134 valence electrons. The summed E-state index contributed by atoms with van der Waals surface area (Å²) in [5.74, 6) is 1.04. The fourth-order valence-corrected chi connectivity index (χ4v) is 2.71. The van der Waals surface area contributed by atoms with Crippen LogP contribution in [-0.2, 0) is 6.42 Å². The van der Waals surface area contributed by atoms with Gasteiger partial charge in [-0.05, 0) is 49.2 Å². The Labute approximate surface area is 152 Å². The third-order valence-electron chi connectivity index (χ3n) is 4.33. The highest BCUT2D eigenvalue weighted by Crippen LogP contribution is 2.20. The van der Waals surface area contributed by atoms with Gasteiger partial charge in [-0.2, -0.15) is 0 Å². The third kappa shape index (κ3) is 3.91. The highest BCUT2D eigenvalue weighted by atomic mass is 16.4. The Balaban J connectivity index is 1.74. The Morgan fingerprint density at radius 3 is 2.58 bits per heavy atom. The van der Waals surface area contributed by atoms with E-state index >= 15 is 0 Å². The zero-order valence-corrected chi connectivity index (χ0v) is 15.0. The lowest BCUT2D eigenvalue weighted by Crippen LogP contribution is -2.36. The van der Waals surface area contributed by atoms with Crippen LogP contribution in [0.3, 0.4) is 0 Å². The smallest absolute Gasteiger partial charge is 0.253 e. The van der Waals surface area contributed by atoms with Crippen LogP contribution in [0.2, 0.25) is 0 Å². The number of phenols is 1. The largest absolute Gasteiger partial charge is 0.508 e. The third-order valence-corrected chi connectivity index (χ3v) is 4.33. The number of carbonyl (C=O) groups is 1. The summed E-state index contributed by atoms with van der Waals surface area (Å²) in [5, 5.41) is 17.2. The van der Waals surface area contributed by atoms with Gasteiger partial charge in [0.1, 0.15) is 5.75 Å². The molecular formula is C20H21N3O3. The zero-order valence-electron chi connectivity index (χ0n) is 15.0. The van der Waals surface area contributed by atoms with E-state index in [2.05, 4.69) is 10.2 Å². The first-order valence-electron chi connectivity index (χ1n) is 8.39. The van der Waals surface area contributed by atoms with Crippen LogP contribution in [0.25, 0.3) is 11.5 Å². The number of hydrogen-bond donors (Lipinski definition) is 1. The molecule has 0 saturated heterocycles. The molecule has 1 atom stereocenters. The number of aromatic hydroxyl groups is 1. The maximum atomic E-state index is 12.8. The highest BCUT2D eigenvalue weighted by Gasteiger charge is 2.19. The molecule has 1 heterocycles. The van der Waals surface area contributed by atoms with Gasteiger partial charge < -0.3 is 14.4 Å². The van der Waals surface area contributed by atoms with E-state index in [0.717, 1.165) is 11.1 Å². The zero-order chi connectivity index (χ0) is 18.7. The van der Waals surface area contributed by atoms with E-state index in [4.69, 9.17) is 4.42 Å². The number of aromatic nitrogens is 2. The minimum atomic E-state index is -0.0747. The van der Waals surface area contributed by atoms with Crippen LogP contribution in [0.1, 0.15) is 28.7 Å². The lowest BCUT2D eigenvalue weighted by molar-refractivity contribution is 0.0743. The first-order chi connectivity index (χ1) is 12.4. The number of likely N-dealkylation sites (N-methyl/N-ethyl adjacent to an activating group) is 1. The van der Waals surface area contributed by atoms with Gasteiger partial charge in [-0.3, -0.25) is 4.79 Å². The molecular weight excluding hydrogens is 330 g/mol. The number of hydrogen-bond acceptors (Lipinski definition) is 5. The lowest BCUT2D eigenvalue weighted by Gasteiger charge is -2.25. The summed E-state index contributed by atoms with van der Waals surface area (Å²) in [6, 6.07) is 14.2. The molecule has 6 nitrogen and oxygen atoms in total. The number of aryl methyl sites for hydroxylation is 1. The molecule has 1 N–H and O–H groups in total. The molecule has 3 aromatic rings. The molecule has 26 heavy (non-hydrogen) atoms. The van der Waals surface area contributed by atoms with Gasteiger partial charge in [0.2, 0.25) is 11.8 Å². The van der Waals surface area contributed by atoms with Gasteiger partial charge in [-0.1, -0.05) is 18.2 Å². The molecule has 0 bridgehead atoms. The summed E-state index contributed by atoms with van der Waals surface area (Å²) in [4.78, 5) is 14.6. The highest BCUT2D eigenvalue weighted by molar-refractivity contribution is 5.95. The molecule has 0 aliphatic rings. The maximum Gasteiger partial charge on any atom is 0.253 e. The van der Waals surface area contributed by atoms with Gasteiger partial charge in [-0.25, -0.2) is 0 Å². The van der Waals surface area contributed by atoms with E-state index in [1.165, 1.54) is 0 Å². The predicted octanol–water partition coefficient (Wildman–Crippen LogP) is 3.45. The summed E-state index contributed by atoms with van der Waals surface area (Å²) in [7, 11) is 1.79. The topological polar surface area (TPSA) is 79.5 Å². The minimum Gasteiger partial charge on any atom is -0.508 e. The average Bonchev–Trinajstić information content (AvgIpc) is 3.09. The first-order valence-corrected chi connectivity index (χ1v) is 8.39. The molecule has 1 unspecified atom stereocenters. The van der Waals surface area contributed by atoms with Crippen molar-refractivity contribution >= 4 is 5.91 Å². The molecule has 1 amide bonds. The van der Waals surface area contributed by atoms with Crippen molar-refractivity contribution in [2.24, 2.45) is 0 Å². The standard InChI is InChI=1S/C20H21N3O3/c1-13(11-15-7-9-18(24)10-8-15)23(3)20(25)17-6-4-5-16(12-17)19-22-21-14(2)26-19/h4-10,12-13,24H,11H2,1-3H3. The summed E-state index contributed by atoms with van der Waals surface area (Å²) in [5.41, 5.74) is 2.35. The van der Waals surface area contributed by atoms with Crippen LogP contribution in [0.15, 0.2) is 52.9 Å². The second-order valence-corrected chi connectivity index (χ2v) is 6.34. The van der Waals surface area contributed by atoms with E-state index in [1.54, 1.807) is 49.2 Å². The lowest BCUT2D eigenvalue weighted by atomic mass is 10.0. The molecule has 0 saturated carbocycles. The quantitative estimate of drug-likeness (QED) is 0.761. The second kappa shape index (κ2) is 7.39. The van der Waals surface area contributed by atoms with Crippen LogP contribution < -0.4 is 0 Å². The SMILES string of the molecule is Cc1nnc(-c2cccc(C(=O)N(C)C(C)Cc3ccc(O)cc3)c2)o1. The van der Waals surface area contributed by atoms with E-state index in [0.29, 0.717) is 23.8 Å². The molecule has 0 fully saturated rings. The fourth-order valence-electron chi connectivity index (χ4n) is 2.71. The molecule has 1 aromatic heterocycles. The number of amides is 1. The molecule has 2 aromatic carbocycles.